The van der Waals surface area contributed by atoms with Crippen molar-refractivity contribution in [2.24, 2.45) is 0 Å². The van der Waals surface area contributed by atoms with E-state index in [-0.39, 0.29) is 5.91 Å². The van der Waals surface area contributed by atoms with Gasteiger partial charge in [0, 0.05) is 24.7 Å². The quantitative estimate of drug-likeness (QED) is 0.746. The second-order valence-corrected chi connectivity index (χ2v) is 6.72. The molecule has 0 bridgehead atoms. The lowest BCUT2D eigenvalue weighted by Gasteiger charge is -2.08. The van der Waals surface area contributed by atoms with E-state index < -0.39 is 0 Å². The SMILES string of the molecule is CCc1nc(C)sc1C(=O)NCCn1ccc2c(OC)cccc21. The molecule has 1 N–H and O–H groups in total. The van der Waals surface area contributed by atoms with E-state index in [1.54, 1.807) is 7.11 Å². The Balaban J connectivity index is 1.67. The second-order valence-electron chi connectivity index (χ2n) is 5.52. The fraction of sp³-hybridized carbons (Fsp3) is 0.333. The molecule has 6 heteroatoms. The smallest absolute Gasteiger partial charge is 0.263 e. The number of carbonyl (C=O) groups is 1. The van der Waals surface area contributed by atoms with Crippen LogP contribution < -0.4 is 10.1 Å². The van der Waals surface area contributed by atoms with Gasteiger partial charge in [0.05, 0.1) is 23.3 Å². The molecule has 24 heavy (non-hydrogen) atoms. The molecular weight excluding hydrogens is 322 g/mol. The number of aryl methyl sites for hydroxylation is 2. The zero-order chi connectivity index (χ0) is 17.1. The summed E-state index contributed by atoms with van der Waals surface area (Å²) in [6.45, 7) is 5.23. The number of nitrogens with zero attached hydrogens (tertiary/aromatic N) is 2. The maximum atomic E-state index is 12.4. The highest BCUT2D eigenvalue weighted by molar-refractivity contribution is 7.13. The van der Waals surface area contributed by atoms with E-state index >= 15 is 0 Å². The van der Waals surface area contributed by atoms with Crippen LogP contribution in [-0.4, -0.2) is 29.1 Å². The zero-order valence-electron chi connectivity index (χ0n) is 14.1. The van der Waals surface area contributed by atoms with Crippen LogP contribution in [0.5, 0.6) is 5.75 Å². The number of thiazole rings is 1. The normalized spacial score (nSPS) is 11.0. The number of hydrogen-bond acceptors (Lipinski definition) is 4. The summed E-state index contributed by atoms with van der Waals surface area (Å²) < 4.78 is 7.50. The molecule has 0 saturated heterocycles. The van der Waals surface area contributed by atoms with Gasteiger partial charge >= 0.3 is 0 Å². The molecule has 0 fully saturated rings. The van der Waals surface area contributed by atoms with Gasteiger partial charge < -0.3 is 14.6 Å². The van der Waals surface area contributed by atoms with E-state index in [1.807, 2.05) is 38.2 Å². The largest absolute Gasteiger partial charge is 0.496 e. The first-order valence-electron chi connectivity index (χ1n) is 8.00. The first-order chi connectivity index (χ1) is 11.6. The van der Waals surface area contributed by atoms with E-state index in [4.69, 9.17) is 4.74 Å². The lowest BCUT2D eigenvalue weighted by atomic mass is 10.2. The molecule has 0 aliphatic rings. The van der Waals surface area contributed by atoms with Crippen LogP contribution in [0.2, 0.25) is 0 Å². The summed E-state index contributed by atoms with van der Waals surface area (Å²) in [6, 6.07) is 8.02. The monoisotopic (exact) mass is 343 g/mol. The van der Waals surface area contributed by atoms with Crippen LogP contribution in [0.25, 0.3) is 10.9 Å². The number of amides is 1. The fourth-order valence-corrected chi connectivity index (χ4v) is 3.75. The lowest BCUT2D eigenvalue weighted by molar-refractivity contribution is 0.0955. The molecule has 0 aliphatic heterocycles. The van der Waals surface area contributed by atoms with Gasteiger partial charge in [-0.2, -0.15) is 0 Å². The Kier molecular flexibility index (Phi) is 4.85. The Hall–Kier alpha value is -2.34. The van der Waals surface area contributed by atoms with Crippen LogP contribution >= 0.6 is 11.3 Å². The molecule has 126 valence electrons. The van der Waals surface area contributed by atoms with Crippen LogP contribution in [-0.2, 0) is 13.0 Å². The van der Waals surface area contributed by atoms with Crippen molar-refractivity contribution in [2.75, 3.05) is 13.7 Å². The van der Waals surface area contributed by atoms with Crippen molar-refractivity contribution in [1.29, 1.82) is 0 Å². The Morgan fingerprint density at radius 2 is 2.21 bits per heavy atom. The van der Waals surface area contributed by atoms with Crippen molar-refractivity contribution in [3.63, 3.8) is 0 Å². The summed E-state index contributed by atoms with van der Waals surface area (Å²) in [5, 5.41) is 5.01. The van der Waals surface area contributed by atoms with Gasteiger partial charge in [0.1, 0.15) is 10.6 Å². The number of ether oxygens (including phenoxy) is 1. The minimum absolute atomic E-state index is 0.0357. The van der Waals surface area contributed by atoms with Gasteiger partial charge in [-0.15, -0.1) is 11.3 Å². The highest BCUT2D eigenvalue weighted by Crippen LogP contribution is 2.26. The van der Waals surface area contributed by atoms with Gasteiger partial charge in [-0.3, -0.25) is 4.79 Å². The topological polar surface area (TPSA) is 56.2 Å². The predicted octanol–water partition coefficient (Wildman–Crippen LogP) is 3.41. The van der Waals surface area contributed by atoms with Crippen LogP contribution in [0.15, 0.2) is 30.5 Å². The minimum atomic E-state index is -0.0357. The van der Waals surface area contributed by atoms with Gasteiger partial charge in [-0.1, -0.05) is 13.0 Å². The summed E-state index contributed by atoms with van der Waals surface area (Å²) in [5.41, 5.74) is 1.98. The molecule has 0 aliphatic carbocycles. The van der Waals surface area contributed by atoms with Gasteiger partial charge in [-0.05, 0) is 31.5 Å². The van der Waals surface area contributed by atoms with E-state index in [2.05, 4.69) is 20.9 Å². The van der Waals surface area contributed by atoms with Crippen molar-refractivity contribution in [3.8, 4) is 5.75 Å². The fourth-order valence-electron chi connectivity index (χ4n) is 2.83. The van der Waals surface area contributed by atoms with Gasteiger partial charge in [-0.25, -0.2) is 4.98 Å². The minimum Gasteiger partial charge on any atom is -0.496 e. The van der Waals surface area contributed by atoms with Crippen molar-refractivity contribution >= 4 is 28.1 Å². The summed E-state index contributed by atoms with van der Waals surface area (Å²) >= 11 is 1.46. The Labute approximate surface area is 145 Å². The molecule has 0 spiro atoms. The maximum Gasteiger partial charge on any atom is 0.263 e. The van der Waals surface area contributed by atoms with Gasteiger partial charge in [0.2, 0.25) is 0 Å². The van der Waals surface area contributed by atoms with Crippen molar-refractivity contribution in [1.82, 2.24) is 14.9 Å². The lowest BCUT2D eigenvalue weighted by Crippen LogP contribution is -2.27. The number of aromatic nitrogens is 2. The summed E-state index contributed by atoms with van der Waals surface area (Å²) in [5.74, 6) is 0.828. The number of rotatable bonds is 6. The molecule has 2 heterocycles. The van der Waals surface area contributed by atoms with Crippen molar-refractivity contribution < 1.29 is 9.53 Å². The molecule has 3 rings (SSSR count). The average molecular weight is 343 g/mol. The van der Waals surface area contributed by atoms with E-state index in [0.29, 0.717) is 13.1 Å². The molecular formula is C18H21N3O2S. The number of methoxy groups -OCH3 is 1. The molecule has 0 saturated carbocycles. The van der Waals surface area contributed by atoms with Gasteiger partial charge in [0.25, 0.3) is 5.91 Å². The van der Waals surface area contributed by atoms with Crippen LogP contribution in [0.4, 0.5) is 0 Å². The first-order valence-corrected chi connectivity index (χ1v) is 8.82. The predicted molar refractivity (Wildman–Crippen MR) is 97.1 cm³/mol. The molecule has 0 unspecified atom stereocenters. The third kappa shape index (κ3) is 3.14. The average Bonchev–Trinajstić information content (AvgIpc) is 3.18. The first kappa shape index (κ1) is 16.5. The number of benzene rings is 1. The van der Waals surface area contributed by atoms with Crippen LogP contribution in [0.1, 0.15) is 27.3 Å². The van der Waals surface area contributed by atoms with Gasteiger partial charge in [0.15, 0.2) is 0 Å². The third-order valence-electron chi connectivity index (χ3n) is 3.98. The van der Waals surface area contributed by atoms with Crippen molar-refractivity contribution in [2.45, 2.75) is 26.8 Å². The Morgan fingerprint density at radius 3 is 2.96 bits per heavy atom. The molecule has 3 aromatic rings. The second kappa shape index (κ2) is 7.05. The zero-order valence-corrected chi connectivity index (χ0v) is 14.9. The van der Waals surface area contributed by atoms with E-state index in [9.17, 15) is 4.79 Å². The standard InChI is InChI=1S/C18H21N3O2S/c1-4-14-17(24-12(2)20-14)18(22)19-9-11-21-10-8-13-15(21)6-5-7-16(13)23-3/h5-8,10H,4,9,11H2,1-3H3,(H,19,22). The molecule has 5 nitrogen and oxygen atoms in total. The number of nitrogens with one attached hydrogen (secondary N) is 1. The van der Waals surface area contributed by atoms with E-state index in [1.165, 1.54) is 11.3 Å². The third-order valence-corrected chi connectivity index (χ3v) is 4.99. The maximum absolute atomic E-state index is 12.4. The summed E-state index contributed by atoms with van der Waals surface area (Å²) in [4.78, 5) is 17.5. The highest BCUT2D eigenvalue weighted by Gasteiger charge is 2.15. The highest BCUT2D eigenvalue weighted by atomic mass is 32.1. The summed E-state index contributed by atoms with van der Waals surface area (Å²) in [6.07, 6.45) is 2.79. The Bertz CT molecular complexity index is 866. The number of hydrogen-bond donors (Lipinski definition) is 1. The van der Waals surface area contributed by atoms with Crippen LogP contribution in [0.3, 0.4) is 0 Å². The molecule has 1 aromatic carbocycles. The molecule has 2 aromatic heterocycles. The molecule has 0 atom stereocenters. The molecule has 0 radical (unpaired) electrons. The van der Waals surface area contributed by atoms with Crippen LogP contribution in [0, 0.1) is 6.92 Å². The number of fused-ring (bicyclic) bond motifs is 1. The van der Waals surface area contributed by atoms with E-state index in [0.717, 1.165) is 38.7 Å². The number of carbonyl (C=O) groups excluding carboxylic acids is 1. The van der Waals surface area contributed by atoms with Crippen molar-refractivity contribution in [3.05, 3.63) is 46.0 Å². The molecule has 1 amide bonds. The summed E-state index contributed by atoms with van der Waals surface area (Å²) in [7, 11) is 1.68. The Morgan fingerprint density at radius 1 is 1.38 bits per heavy atom.